The van der Waals surface area contributed by atoms with Crippen LogP contribution in [0.2, 0.25) is 0 Å². The van der Waals surface area contributed by atoms with E-state index in [9.17, 15) is 4.79 Å². The molecule has 1 aliphatic heterocycles. The molecule has 0 spiro atoms. The van der Waals surface area contributed by atoms with Crippen LogP contribution in [0.15, 0.2) is 40.8 Å². The summed E-state index contributed by atoms with van der Waals surface area (Å²) in [6, 6.07) is 11.7. The molecule has 0 fully saturated rings. The van der Waals surface area contributed by atoms with E-state index in [-0.39, 0.29) is 11.9 Å². The fourth-order valence-electron chi connectivity index (χ4n) is 3.79. The average molecular weight is 391 g/mol. The van der Waals surface area contributed by atoms with Crippen LogP contribution in [0, 0.1) is 0 Å². The average Bonchev–Trinajstić information content (AvgIpc) is 3.20. The van der Waals surface area contributed by atoms with Gasteiger partial charge in [-0.3, -0.25) is 10.1 Å². The maximum Gasteiger partial charge on any atom is 0.322 e. The molecule has 0 radical (unpaired) electrons. The number of nitrogens with zero attached hydrogens (tertiary/aromatic N) is 2. The van der Waals surface area contributed by atoms with E-state index >= 15 is 0 Å². The van der Waals surface area contributed by atoms with Gasteiger partial charge < -0.3 is 13.9 Å². The molecular weight excluding hydrogens is 370 g/mol. The van der Waals surface area contributed by atoms with Crippen LogP contribution in [0.5, 0.6) is 11.5 Å². The Labute approximate surface area is 168 Å². The highest BCUT2D eigenvalue weighted by Gasteiger charge is 2.17. The minimum absolute atomic E-state index is 0.0975. The van der Waals surface area contributed by atoms with Gasteiger partial charge in [-0.05, 0) is 66.6 Å². The van der Waals surface area contributed by atoms with Gasteiger partial charge >= 0.3 is 6.01 Å². The molecule has 0 atom stereocenters. The minimum Gasteiger partial charge on any atom is -0.486 e. The summed E-state index contributed by atoms with van der Waals surface area (Å²) in [7, 11) is 0. The van der Waals surface area contributed by atoms with Gasteiger partial charge in [-0.1, -0.05) is 17.2 Å². The molecule has 5 rings (SSSR count). The monoisotopic (exact) mass is 391 g/mol. The first-order valence-electron chi connectivity index (χ1n) is 9.89. The Morgan fingerprint density at radius 1 is 0.931 bits per heavy atom. The van der Waals surface area contributed by atoms with Gasteiger partial charge in [0.15, 0.2) is 11.5 Å². The first-order chi connectivity index (χ1) is 14.2. The number of fused-ring (bicyclic) bond motifs is 2. The molecular formula is C22H21N3O4. The molecule has 2 heterocycles. The van der Waals surface area contributed by atoms with Crippen molar-refractivity contribution in [2.75, 3.05) is 18.5 Å². The third-order valence-electron chi connectivity index (χ3n) is 5.26. The zero-order valence-electron chi connectivity index (χ0n) is 15.9. The maximum absolute atomic E-state index is 12.6. The lowest BCUT2D eigenvalue weighted by Gasteiger charge is -2.18. The first kappa shape index (κ1) is 17.7. The van der Waals surface area contributed by atoms with Gasteiger partial charge in [0.05, 0.1) is 6.42 Å². The second-order valence-corrected chi connectivity index (χ2v) is 7.30. The Hall–Kier alpha value is -3.35. The third-order valence-corrected chi connectivity index (χ3v) is 5.26. The summed E-state index contributed by atoms with van der Waals surface area (Å²) >= 11 is 0. The Morgan fingerprint density at radius 3 is 2.66 bits per heavy atom. The fourth-order valence-corrected chi connectivity index (χ4v) is 3.79. The molecule has 0 saturated carbocycles. The molecule has 1 N–H and O–H groups in total. The van der Waals surface area contributed by atoms with Crippen LogP contribution in [-0.4, -0.2) is 29.3 Å². The summed E-state index contributed by atoms with van der Waals surface area (Å²) < 4.78 is 16.7. The molecule has 2 aliphatic rings. The number of nitrogens with one attached hydrogen (secondary N) is 1. The molecule has 1 aliphatic carbocycles. The summed E-state index contributed by atoms with van der Waals surface area (Å²) in [5.41, 5.74) is 4.17. The highest BCUT2D eigenvalue weighted by atomic mass is 16.6. The number of aryl methyl sites for hydroxylation is 2. The molecule has 0 saturated heterocycles. The number of hydrogen-bond acceptors (Lipinski definition) is 6. The van der Waals surface area contributed by atoms with E-state index in [0.717, 1.165) is 24.2 Å². The van der Waals surface area contributed by atoms with Gasteiger partial charge in [-0.15, -0.1) is 5.10 Å². The number of anilines is 1. The van der Waals surface area contributed by atoms with Crippen molar-refractivity contribution in [1.29, 1.82) is 0 Å². The Morgan fingerprint density at radius 2 is 1.76 bits per heavy atom. The Balaban J connectivity index is 1.26. The van der Waals surface area contributed by atoms with Crippen molar-refractivity contribution in [1.82, 2.24) is 10.2 Å². The van der Waals surface area contributed by atoms with Crippen molar-refractivity contribution in [3.8, 4) is 11.5 Å². The molecule has 7 nitrogen and oxygen atoms in total. The van der Waals surface area contributed by atoms with Crippen LogP contribution in [0.4, 0.5) is 6.01 Å². The summed E-state index contributed by atoms with van der Waals surface area (Å²) in [4.78, 5) is 12.6. The quantitative estimate of drug-likeness (QED) is 0.732. The van der Waals surface area contributed by atoms with Crippen LogP contribution in [-0.2, 0) is 19.3 Å². The first-order valence-corrected chi connectivity index (χ1v) is 9.89. The minimum atomic E-state index is -0.243. The summed E-state index contributed by atoms with van der Waals surface area (Å²) in [6.07, 6.45) is 4.94. The fraction of sp³-hybridized carbons (Fsp3) is 0.318. The van der Waals surface area contributed by atoms with Crippen molar-refractivity contribution in [3.63, 3.8) is 0 Å². The molecule has 7 heteroatoms. The third kappa shape index (κ3) is 3.81. The lowest BCUT2D eigenvalue weighted by Crippen LogP contribution is -2.15. The number of carbonyl (C=O) groups is 1. The molecule has 2 aromatic carbocycles. The number of rotatable bonds is 4. The molecule has 0 unspecified atom stereocenters. The van der Waals surface area contributed by atoms with Crippen LogP contribution in [0.25, 0.3) is 0 Å². The summed E-state index contributed by atoms with van der Waals surface area (Å²) in [6.45, 7) is 1.10. The largest absolute Gasteiger partial charge is 0.486 e. The van der Waals surface area contributed by atoms with Gasteiger partial charge in [0.1, 0.15) is 13.2 Å². The van der Waals surface area contributed by atoms with Gasteiger partial charge in [-0.2, -0.15) is 0 Å². The zero-order chi connectivity index (χ0) is 19.6. The van der Waals surface area contributed by atoms with E-state index in [1.54, 1.807) is 0 Å². The molecule has 1 aromatic heterocycles. The van der Waals surface area contributed by atoms with Gasteiger partial charge in [0, 0.05) is 5.56 Å². The van der Waals surface area contributed by atoms with Crippen molar-refractivity contribution in [3.05, 3.63) is 64.5 Å². The van der Waals surface area contributed by atoms with E-state index in [2.05, 4.69) is 15.5 Å². The van der Waals surface area contributed by atoms with Crippen molar-refractivity contribution >= 4 is 11.9 Å². The molecule has 0 bridgehead atoms. The standard InChI is InChI=1S/C22H21N3O4/c26-21(17-7-6-15-3-1-2-4-16(15)13-17)23-22-25-24-20(29-22)12-14-5-8-18-19(11-14)28-10-9-27-18/h5-8,11,13H,1-4,9-10,12H2,(H,23,25,26). The number of hydrogen-bond donors (Lipinski definition) is 1. The molecule has 29 heavy (non-hydrogen) atoms. The lowest BCUT2D eigenvalue weighted by atomic mass is 9.90. The van der Waals surface area contributed by atoms with Crippen molar-refractivity contribution < 1.29 is 18.7 Å². The highest BCUT2D eigenvalue weighted by molar-refractivity contribution is 6.03. The summed E-state index contributed by atoms with van der Waals surface area (Å²) in [5.74, 6) is 1.63. The van der Waals surface area contributed by atoms with Gasteiger partial charge in [0.2, 0.25) is 5.89 Å². The molecule has 1 amide bonds. The second-order valence-electron chi connectivity index (χ2n) is 7.30. The van der Waals surface area contributed by atoms with E-state index in [0.29, 0.717) is 36.8 Å². The Bertz CT molecular complexity index is 1060. The van der Waals surface area contributed by atoms with Crippen molar-refractivity contribution in [2.24, 2.45) is 0 Å². The molecule has 3 aromatic rings. The van der Waals surface area contributed by atoms with Gasteiger partial charge in [-0.25, -0.2) is 0 Å². The van der Waals surface area contributed by atoms with Crippen LogP contribution in [0.3, 0.4) is 0 Å². The SMILES string of the molecule is O=C(Nc1nnc(Cc2ccc3c(c2)OCCO3)o1)c1ccc2c(c1)CCCC2. The van der Waals surface area contributed by atoms with E-state index < -0.39 is 0 Å². The lowest BCUT2D eigenvalue weighted by molar-refractivity contribution is 0.102. The molecule has 148 valence electrons. The van der Waals surface area contributed by atoms with Crippen LogP contribution in [0.1, 0.15) is 45.8 Å². The number of carbonyl (C=O) groups excluding carboxylic acids is 1. The van der Waals surface area contributed by atoms with Gasteiger partial charge in [0.25, 0.3) is 5.91 Å². The number of benzene rings is 2. The summed E-state index contributed by atoms with van der Waals surface area (Å²) in [5, 5.41) is 10.7. The number of amides is 1. The van der Waals surface area contributed by atoms with Crippen LogP contribution < -0.4 is 14.8 Å². The topological polar surface area (TPSA) is 86.5 Å². The number of aromatic nitrogens is 2. The maximum atomic E-state index is 12.6. The normalized spacial score (nSPS) is 14.9. The number of ether oxygens (including phenoxy) is 2. The van der Waals surface area contributed by atoms with E-state index in [1.165, 1.54) is 24.0 Å². The predicted molar refractivity (Wildman–Crippen MR) is 106 cm³/mol. The van der Waals surface area contributed by atoms with E-state index in [4.69, 9.17) is 13.9 Å². The predicted octanol–water partition coefficient (Wildman–Crippen LogP) is 3.56. The zero-order valence-corrected chi connectivity index (χ0v) is 15.9. The Kier molecular flexibility index (Phi) is 4.63. The van der Waals surface area contributed by atoms with E-state index in [1.807, 2.05) is 36.4 Å². The second kappa shape index (κ2) is 7.58. The van der Waals surface area contributed by atoms with Crippen LogP contribution >= 0.6 is 0 Å². The smallest absolute Gasteiger partial charge is 0.322 e. The highest BCUT2D eigenvalue weighted by Crippen LogP contribution is 2.31. The van der Waals surface area contributed by atoms with Crippen molar-refractivity contribution in [2.45, 2.75) is 32.1 Å².